The topological polar surface area (TPSA) is 96.2 Å². The van der Waals surface area contributed by atoms with Gasteiger partial charge in [-0.3, -0.25) is 4.79 Å². The smallest absolute Gasteiger partial charge is 0.319 e. The van der Waals surface area contributed by atoms with Crippen LogP contribution < -0.4 is 21.7 Å². The number of anilines is 1. The van der Waals surface area contributed by atoms with Gasteiger partial charge in [-0.1, -0.05) is 12.1 Å². The van der Waals surface area contributed by atoms with Crippen LogP contribution >= 0.6 is 0 Å². The zero-order valence-electron chi connectivity index (χ0n) is 12.8. The predicted octanol–water partition coefficient (Wildman–Crippen LogP) is 1.57. The minimum Gasteiger partial charge on any atom is -0.352 e. The van der Waals surface area contributed by atoms with Crippen LogP contribution in [0.15, 0.2) is 24.3 Å². The Kier molecular flexibility index (Phi) is 6.68. The second-order valence-electron chi connectivity index (χ2n) is 5.41. The lowest BCUT2D eigenvalue weighted by Crippen LogP contribution is -2.34. The van der Waals surface area contributed by atoms with Crippen LogP contribution in [-0.4, -0.2) is 24.0 Å². The van der Waals surface area contributed by atoms with E-state index >= 15 is 0 Å². The third kappa shape index (κ3) is 7.31. The Morgan fingerprint density at radius 2 is 1.76 bits per heavy atom. The lowest BCUT2D eigenvalue weighted by Gasteiger charge is -2.11. The van der Waals surface area contributed by atoms with E-state index in [4.69, 9.17) is 5.73 Å². The van der Waals surface area contributed by atoms with E-state index in [0.29, 0.717) is 18.7 Å². The molecule has 0 aliphatic carbocycles. The molecule has 116 valence electrons. The molecule has 0 saturated heterocycles. The number of nitrogens with one attached hydrogen (secondary N) is 3. The van der Waals surface area contributed by atoms with Crippen molar-refractivity contribution in [3.63, 3.8) is 0 Å². The number of rotatable bonds is 6. The van der Waals surface area contributed by atoms with Crippen LogP contribution in [0.3, 0.4) is 0 Å². The molecule has 6 heteroatoms. The van der Waals surface area contributed by atoms with Crippen molar-refractivity contribution in [3.05, 3.63) is 29.8 Å². The van der Waals surface area contributed by atoms with Gasteiger partial charge in [0.05, 0.1) is 0 Å². The highest BCUT2D eigenvalue weighted by Crippen LogP contribution is 2.09. The SMILES string of the molecule is CC(N)CC(=O)NCc1ccc(NC(=O)NC(C)C)cc1. The van der Waals surface area contributed by atoms with Crippen LogP contribution in [0.2, 0.25) is 0 Å². The quantitative estimate of drug-likeness (QED) is 0.641. The summed E-state index contributed by atoms with van der Waals surface area (Å²) in [6.07, 6.45) is 0.314. The number of amides is 3. The van der Waals surface area contributed by atoms with E-state index in [1.54, 1.807) is 19.1 Å². The zero-order valence-corrected chi connectivity index (χ0v) is 12.8. The third-order valence-corrected chi connectivity index (χ3v) is 2.63. The molecule has 0 aliphatic rings. The van der Waals surface area contributed by atoms with Crippen molar-refractivity contribution in [2.45, 2.75) is 45.8 Å². The fraction of sp³-hybridized carbons (Fsp3) is 0.467. The Balaban J connectivity index is 2.43. The van der Waals surface area contributed by atoms with Gasteiger partial charge in [-0.25, -0.2) is 4.79 Å². The fourth-order valence-electron chi connectivity index (χ4n) is 1.70. The molecule has 1 unspecified atom stereocenters. The molecule has 1 aromatic rings. The molecule has 0 heterocycles. The van der Waals surface area contributed by atoms with Crippen LogP contribution in [0, 0.1) is 0 Å². The zero-order chi connectivity index (χ0) is 15.8. The molecule has 3 amide bonds. The number of benzene rings is 1. The molecule has 0 spiro atoms. The highest BCUT2D eigenvalue weighted by molar-refractivity contribution is 5.89. The normalized spacial score (nSPS) is 11.9. The summed E-state index contributed by atoms with van der Waals surface area (Å²) in [5.41, 5.74) is 7.22. The van der Waals surface area contributed by atoms with E-state index in [9.17, 15) is 9.59 Å². The summed E-state index contributed by atoms with van der Waals surface area (Å²) in [6.45, 7) is 6.04. The Bertz CT molecular complexity index is 469. The van der Waals surface area contributed by atoms with Gasteiger partial charge >= 0.3 is 6.03 Å². The summed E-state index contributed by atoms with van der Waals surface area (Å²) in [6, 6.07) is 7.03. The van der Waals surface area contributed by atoms with Crippen molar-refractivity contribution >= 4 is 17.6 Å². The summed E-state index contributed by atoms with van der Waals surface area (Å²) in [7, 11) is 0. The molecule has 1 aromatic carbocycles. The summed E-state index contributed by atoms with van der Waals surface area (Å²) in [4.78, 5) is 23.0. The van der Waals surface area contributed by atoms with Gasteiger partial charge in [-0.15, -0.1) is 0 Å². The van der Waals surface area contributed by atoms with Gasteiger partial charge in [0.1, 0.15) is 0 Å². The van der Waals surface area contributed by atoms with E-state index < -0.39 is 0 Å². The Morgan fingerprint density at radius 1 is 1.14 bits per heavy atom. The molecule has 6 nitrogen and oxygen atoms in total. The van der Waals surface area contributed by atoms with Crippen LogP contribution in [-0.2, 0) is 11.3 Å². The van der Waals surface area contributed by atoms with Crippen molar-refractivity contribution in [3.8, 4) is 0 Å². The summed E-state index contributed by atoms with van der Waals surface area (Å²) < 4.78 is 0. The fourth-order valence-corrected chi connectivity index (χ4v) is 1.70. The van der Waals surface area contributed by atoms with Crippen LogP contribution in [0.5, 0.6) is 0 Å². The lowest BCUT2D eigenvalue weighted by atomic mass is 10.2. The second kappa shape index (κ2) is 8.26. The number of nitrogens with two attached hydrogens (primary N) is 1. The van der Waals surface area contributed by atoms with Gasteiger partial charge in [0, 0.05) is 30.7 Å². The first-order valence-electron chi connectivity index (χ1n) is 7.05. The van der Waals surface area contributed by atoms with E-state index in [1.165, 1.54) is 0 Å². The maximum absolute atomic E-state index is 11.5. The molecular formula is C15H24N4O2. The van der Waals surface area contributed by atoms with E-state index in [1.807, 2.05) is 26.0 Å². The van der Waals surface area contributed by atoms with E-state index in [2.05, 4.69) is 16.0 Å². The predicted molar refractivity (Wildman–Crippen MR) is 83.8 cm³/mol. The molecule has 0 fully saturated rings. The van der Waals surface area contributed by atoms with Crippen molar-refractivity contribution in [1.82, 2.24) is 10.6 Å². The number of hydrogen-bond acceptors (Lipinski definition) is 3. The molecular weight excluding hydrogens is 268 g/mol. The van der Waals surface area contributed by atoms with Gasteiger partial charge in [0.15, 0.2) is 0 Å². The monoisotopic (exact) mass is 292 g/mol. The van der Waals surface area contributed by atoms with Crippen molar-refractivity contribution in [2.24, 2.45) is 5.73 Å². The first kappa shape index (κ1) is 17.0. The maximum atomic E-state index is 11.5. The third-order valence-electron chi connectivity index (χ3n) is 2.63. The summed E-state index contributed by atoms with van der Waals surface area (Å²) >= 11 is 0. The first-order valence-corrected chi connectivity index (χ1v) is 7.05. The molecule has 21 heavy (non-hydrogen) atoms. The highest BCUT2D eigenvalue weighted by Gasteiger charge is 2.05. The Labute approximate surface area is 125 Å². The number of carbonyl (C=O) groups is 2. The molecule has 5 N–H and O–H groups in total. The largest absolute Gasteiger partial charge is 0.352 e. The molecule has 0 radical (unpaired) electrons. The number of urea groups is 1. The molecule has 0 saturated carbocycles. The molecule has 1 atom stereocenters. The van der Waals surface area contributed by atoms with Crippen molar-refractivity contribution < 1.29 is 9.59 Å². The van der Waals surface area contributed by atoms with Gasteiger partial charge in [0.25, 0.3) is 0 Å². The van der Waals surface area contributed by atoms with Crippen LogP contribution in [0.4, 0.5) is 10.5 Å². The average molecular weight is 292 g/mol. The Hall–Kier alpha value is -2.08. The molecule has 0 aliphatic heterocycles. The first-order chi connectivity index (χ1) is 9.86. The molecule has 1 rings (SSSR count). The standard InChI is InChI=1S/C15H24N4O2/c1-10(2)18-15(21)19-13-6-4-12(5-7-13)9-17-14(20)8-11(3)16/h4-7,10-11H,8-9,16H2,1-3H3,(H,17,20)(H2,18,19,21). The van der Waals surface area contributed by atoms with Crippen molar-refractivity contribution in [1.29, 1.82) is 0 Å². The minimum atomic E-state index is -0.233. The van der Waals surface area contributed by atoms with Gasteiger partial charge < -0.3 is 21.7 Å². The highest BCUT2D eigenvalue weighted by atomic mass is 16.2. The van der Waals surface area contributed by atoms with Crippen molar-refractivity contribution in [2.75, 3.05) is 5.32 Å². The molecule has 0 aromatic heterocycles. The second-order valence-corrected chi connectivity index (χ2v) is 5.41. The summed E-state index contributed by atoms with van der Waals surface area (Å²) in [5.74, 6) is -0.0662. The minimum absolute atomic E-state index is 0.0662. The number of carbonyl (C=O) groups excluding carboxylic acids is 2. The van der Waals surface area contributed by atoms with Crippen LogP contribution in [0.1, 0.15) is 32.8 Å². The molecule has 0 bridgehead atoms. The van der Waals surface area contributed by atoms with E-state index in [-0.39, 0.29) is 24.0 Å². The lowest BCUT2D eigenvalue weighted by molar-refractivity contribution is -0.121. The van der Waals surface area contributed by atoms with E-state index in [0.717, 1.165) is 5.56 Å². The Morgan fingerprint density at radius 3 is 2.29 bits per heavy atom. The van der Waals surface area contributed by atoms with Crippen LogP contribution in [0.25, 0.3) is 0 Å². The number of hydrogen-bond donors (Lipinski definition) is 4. The summed E-state index contributed by atoms with van der Waals surface area (Å²) in [5, 5.41) is 8.28. The van der Waals surface area contributed by atoms with Gasteiger partial charge in [0.2, 0.25) is 5.91 Å². The van der Waals surface area contributed by atoms with Gasteiger partial charge in [-0.2, -0.15) is 0 Å². The maximum Gasteiger partial charge on any atom is 0.319 e. The van der Waals surface area contributed by atoms with Gasteiger partial charge in [-0.05, 0) is 38.5 Å². The average Bonchev–Trinajstić information content (AvgIpc) is 2.36.